The van der Waals surface area contributed by atoms with Gasteiger partial charge in [0, 0.05) is 11.7 Å². The van der Waals surface area contributed by atoms with Crippen molar-refractivity contribution in [1.82, 2.24) is 9.38 Å². The number of nitrogens with zero attached hydrogens (tertiary/aromatic N) is 2. The molecule has 3 aromatic heterocycles. The van der Waals surface area contributed by atoms with Gasteiger partial charge in [-0.1, -0.05) is 32.9 Å². The molecule has 0 unspecified atom stereocenters. The van der Waals surface area contributed by atoms with Crippen molar-refractivity contribution in [3.05, 3.63) is 41.4 Å². The number of rotatable bonds is 4. The summed E-state index contributed by atoms with van der Waals surface area (Å²) < 4.78 is 2.19. The number of fused-ring (bicyclic) bond motifs is 1. The summed E-state index contributed by atoms with van der Waals surface area (Å²) in [4.78, 5) is 6.09. The summed E-state index contributed by atoms with van der Waals surface area (Å²) in [6, 6.07) is 8.43. The fourth-order valence-electron chi connectivity index (χ4n) is 3.55. The van der Waals surface area contributed by atoms with Gasteiger partial charge in [-0.3, -0.25) is 4.40 Å². The first-order valence-electron chi connectivity index (χ1n) is 8.45. The monoisotopic (exact) mass is 341 g/mol. The van der Waals surface area contributed by atoms with Crippen LogP contribution in [0, 0.1) is 12.3 Å². The first kappa shape index (κ1) is 17.0. The maximum Gasteiger partial charge on any atom is 0.140 e. The topological polar surface area (TPSA) is 29.3 Å². The second kappa shape index (κ2) is 5.92. The van der Waals surface area contributed by atoms with Crippen LogP contribution in [0.4, 0.5) is 5.82 Å². The smallest absolute Gasteiger partial charge is 0.140 e. The Morgan fingerprint density at radius 2 is 1.88 bits per heavy atom. The summed E-state index contributed by atoms with van der Waals surface area (Å²) in [5.74, 6) is 1.09. The second-order valence-electron chi connectivity index (χ2n) is 8.47. The Balaban J connectivity index is 2.11. The SMILES string of the molecule is Cc1ccc2nc(-c3cccs3)c(NC(C)(C)CC(C)(C)C)n2c1. The zero-order chi connectivity index (χ0) is 17.5. The maximum absolute atomic E-state index is 4.89. The van der Waals surface area contributed by atoms with Crippen molar-refractivity contribution < 1.29 is 0 Å². The Hall–Kier alpha value is -1.81. The normalized spacial score (nSPS) is 12.8. The van der Waals surface area contributed by atoms with E-state index in [0.717, 1.165) is 23.6 Å². The van der Waals surface area contributed by atoms with E-state index in [4.69, 9.17) is 4.98 Å². The highest BCUT2D eigenvalue weighted by Gasteiger charge is 2.28. The predicted octanol–water partition coefficient (Wildman–Crippen LogP) is 6.00. The summed E-state index contributed by atoms with van der Waals surface area (Å²) in [7, 11) is 0. The standard InChI is InChI=1S/C20H27N3S/c1-14-9-10-16-21-17(15-8-7-11-24-15)18(23(16)12-14)22-20(5,6)13-19(2,3)4/h7-12,22H,13H2,1-6H3. The van der Waals surface area contributed by atoms with Crippen LogP contribution < -0.4 is 5.32 Å². The van der Waals surface area contributed by atoms with Gasteiger partial charge in [0.25, 0.3) is 0 Å². The van der Waals surface area contributed by atoms with Gasteiger partial charge in [-0.2, -0.15) is 0 Å². The Morgan fingerprint density at radius 3 is 2.50 bits per heavy atom. The molecule has 3 heterocycles. The number of anilines is 1. The molecule has 0 amide bonds. The van der Waals surface area contributed by atoms with Crippen molar-refractivity contribution in [2.45, 2.75) is 53.5 Å². The van der Waals surface area contributed by atoms with Crippen molar-refractivity contribution in [3.8, 4) is 10.6 Å². The van der Waals surface area contributed by atoms with E-state index in [1.165, 1.54) is 10.4 Å². The van der Waals surface area contributed by atoms with Crippen molar-refractivity contribution >= 4 is 22.8 Å². The van der Waals surface area contributed by atoms with Gasteiger partial charge >= 0.3 is 0 Å². The number of imidazole rings is 1. The fourth-order valence-corrected chi connectivity index (χ4v) is 4.26. The molecule has 0 aliphatic carbocycles. The van der Waals surface area contributed by atoms with E-state index in [-0.39, 0.29) is 11.0 Å². The molecular weight excluding hydrogens is 314 g/mol. The third-order valence-electron chi connectivity index (χ3n) is 3.95. The minimum atomic E-state index is -0.0238. The average Bonchev–Trinajstić information content (AvgIpc) is 3.04. The number of aromatic nitrogens is 2. The van der Waals surface area contributed by atoms with Crippen LogP contribution in [0.5, 0.6) is 0 Å². The zero-order valence-corrected chi connectivity index (χ0v) is 16.3. The van der Waals surface area contributed by atoms with E-state index in [2.05, 4.69) is 87.1 Å². The number of aryl methyl sites for hydroxylation is 1. The van der Waals surface area contributed by atoms with Crippen LogP contribution in [0.25, 0.3) is 16.2 Å². The van der Waals surface area contributed by atoms with Gasteiger partial charge in [0.1, 0.15) is 17.2 Å². The third kappa shape index (κ3) is 3.64. The van der Waals surface area contributed by atoms with Crippen molar-refractivity contribution in [2.24, 2.45) is 5.41 Å². The van der Waals surface area contributed by atoms with E-state index in [9.17, 15) is 0 Å². The van der Waals surface area contributed by atoms with E-state index in [0.29, 0.717) is 0 Å². The van der Waals surface area contributed by atoms with E-state index < -0.39 is 0 Å². The lowest BCUT2D eigenvalue weighted by Crippen LogP contribution is -2.36. The molecule has 0 bridgehead atoms. The van der Waals surface area contributed by atoms with Gasteiger partial charge in [-0.25, -0.2) is 4.98 Å². The second-order valence-corrected chi connectivity index (χ2v) is 9.41. The molecule has 3 aromatic rings. The predicted molar refractivity (Wildman–Crippen MR) is 105 cm³/mol. The molecule has 4 heteroatoms. The summed E-state index contributed by atoms with van der Waals surface area (Å²) >= 11 is 1.73. The number of hydrogen-bond acceptors (Lipinski definition) is 3. The Labute approximate surface area is 148 Å². The molecular formula is C20H27N3S. The van der Waals surface area contributed by atoms with Crippen LogP contribution in [0.2, 0.25) is 0 Å². The van der Waals surface area contributed by atoms with Gasteiger partial charge in [0.2, 0.25) is 0 Å². The molecule has 0 fully saturated rings. The number of pyridine rings is 1. The van der Waals surface area contributed by atoms with Gasteiger partial charge in [-0.05, 0) is 55.7 Å². The number of thiophene rings is 1. The molecule has 0 aliphatic rings. The lowest BCUT2D eigenvalue weighted by molar-refractivity contribution is 0.302. The van der Waals surface area contributed by atoms with Gasteiger partial charge < -0.3 is 5.32 Å². The van der Waals surface area contributed by atoms with E-state index in [1.807, 2.05) is 0 Å². The Kier molecular flexibility index (Phi) is 4.20. The van der Waals surface area contributed by atoms with Crippen LogP contribution in [-0.4, -0.2) is 14.9 Å². The van der Waals surface area contributed by atoms with E-state index in [1.54, 1.807) is 11.3 Å². The van der Waals surface area contributed by atoms with Crippen molar-refractivity contribution in [2.75, 3.05) is 5.32 Å². The molecule has 24 heavy (non-hydrogen) atoms. The molecule has 0 aliphatic heterocycles. The molecule has 0 saturated carbocycles. The summed E-state index contributed by atoms with van der Waals surface area (Å²) in [6.07, 6.45) is 3.23. The molecule has 0 atom stereocenters. The highest BCUT2D eigenvalue weighted by atomic mass is 32.1. The van der Waals surface area contributed by atoms with Crippen molar-refractivity contribution in [1.29, 1.82) is 0 Å². The molecule has 3 rings (SSSR count). The molecule has 0 radical (unpaired) electrons. The molecule has 0 saturated heterocycles. The third-order valence-corrected chi connectivity index (χ3v) is 4.83. The van der Waals surface area contributed by atoms with Crippen LogP contribution in [0.1, 0.15) is 46.6 Å². The van der Waals surface area contributed by atoms with Crippen molar-refractivity contribution in [3.63, 3.8) is 0 Å². The minimum absolute atomic E-state index is 0.0238. The molecule has 128 valence electrons. The largest absolute Gasteiger partial charge is 0.364 e. The Bertz CT molecular complexity index is 836. The van der Waals surface area contributed by atoms with Crippen LogP contribution in [-0.2, 0) is 0 Å². The molecule has 1 N–H and O–H groups in total. The lowest BCUT2D eigenvalue weighted by Gasteiger charge is -2.34. The van der Waals surface area contributed by atoms with E-state index >= 15 is 0 Å². The summed E-state index contributed by atoms with van der Waals surface area (Å²) in [6.45, 7) is 13.5. The first-order valence-corrected chi connectivity index (χ1v) is 9.33. The molecule has 0 aromatic carbocycles. The maximum atomic E-state index is 4.89. The first-order chi connectivity index (χ1) is 11.1. The number of nitrogens with one attached hydrogen (secondary N) is 1. The summed E-state index contributed by atoms with van der Waals surface area (Å²) in [5, 5.41) is 5.89. The zero-order valence-electron chi connectivity index (χ0n) is 15.5. The van der Waals surface area contributed by atoms with Gasteiger partial charge in [0.05, 0.1) is 4.88 Å². The molecule has 3 nitrogen and oxygen atoms in total. The quantitative estimate of drug-likeness (QED) is 0.631. The fraction of sp³-hybridized carbons (Fsp3) is 0.450. The Morgan fingerprint density at radius 1 is 1.12 bits per heavy atom. The van der Waals surface area contributed by atoms with Crippen LogP contribution >= 0.6 is 11.3 Å². The summed E-state index contributed by atoms with van der Waals surface area (Å²) in [5.41, 5.74) is 3.49. The lowest BCUT2D eigenvalue weighted by atomic mass is 9.82. The van der Waals surface area contributed by atoms with Gasteiger partial charge in [-0.15, -0.1) is 11.3 Å². The highest BCUT2D eigenvalue weighted by molar-refractivity contribution is 7.13. The highest BCUT2D eigenvalue weighted by Crippen LogP contribution is 2.36. The minimum Gasteiger partial charge on any atom is -0.364 e. The van der Waals surface area contributed by atoms with Crippen LogP contribution in [0.3, 0.4) is 0 Å². The van der Waals surface area contributed by atoms with Gasteiger partial charge in [0.15, 0.2) is 0 Å². The van der Waals surface area contributed by atoms with Crippen LogP contribution in [0.15, 0.2) is 35.8 Å². The molecule has 0 spiro atoms. The average molecular weight is 342 g/mol. The number of hydrogen-bond donors (Lipinski definition) is 1.